The maximum atomic E-state index is 12.8. The number of benzene rings is 1. The minimum atomic E-state index is -4.65. The lowest BCUT2D eigenvalue weighted by Gasteiger charge is -2.18. The van der Waals surface area contributed by atoms with Crippen LogP contribution in [0, 0.1) is 0 Å². The van der Waals surface area contributed by atoms with Gasteiger partial charge in [-0.1, -0.05) is 29.3 Å². The highest BCUT2D eigenvalue weighted by molar-refractivity contribution is 6.39. The Bertz CT molecular complexity index is 940. The van der Waals surface area contributed by atoms with Crippen molar-refractivity contribution in [3.63, 3.8) is 0 Å². The van der Waals surface area contributed by atoms with E-state index in [1.807, 2.05) is 0 Å². The lowest BCUT2D eigenvalue weighted by Crippen LogP contribution is -2.38. The van der Waals surface area contributed by atoms with Gasteiger partial charge >= 0.3 is 6.18 Å². The molecule has 0 aliphatic rings. The van der Waals surface area contributed by atoms with Crippen molar-refractivity contribution < 1.29 is 22.8 Å². The molecule has 11 heteroatoms. The highest BCUT2D eigenvalue weighted by atomic mass is 35.5. The van der Waals surface area contributed by atoms with E-state index in [1.54, 1.807) is 6.07 Å². The first-order valence-corrected chi connectivity index (χ1v) is 8.50. The summed E-state index contributed by atoms with van der Waals surface area (Å²) in [5, 5.41) is 2.85. The van der Waals surface area contributed by atoms with Gasteiger partial charge in [-0.25, -0.2) is 0 Å². The van der Waals surface area contributed by atoms with Crippen LogP contribution in [-0.4, -0.2) is 34.9 Å². The van der Waals surface area contributed by atoms with Crippen LogP contribution in [0.15, 0.2) is 41.3 Å². The highest BCUT2D eigenvalue weighted by Gasteiger charge is 2.31. The van der Waals surface area contributed by atoms with Crippen molar-refractivity contribution in [1.82, 2.24) is 9.47 Å². The van der Waals surface area contributed by atoms with Crippen molar-refractivity contribution >= 4 is 40.7 Å². The van der Waals surface area contributed by atoms with Crippen molar-refractivity contribution in [1.29, 1.82) is 0 Å². The van der Waals surface area contributed by atoms with Gasteiger partial charge in [0.2, 0.25) is 11.8 Å². The number of amides is 2. The summed E-state index contributed by atoms with van der Waals surface area (Å²) in [5.74, 6) is -1.36. The van der Waals surface area contributed by atoms with Gasteiger partial charge in [0.25, 0.3) is 5.56 Å². The number of halogens is 5. The Morgan fingerprint density at radius 1 is 1.14 bits per heavy atom. The number of hydrogen-bond acceptors (Lipinski definition) is 3. The van der Waals surface area contributed by atoms with Gasteiger partial charge in [-0.05, 0) is 18.2 Å². The fourth-order valence-electron chi connectivity index (χ4n) is 2.19. The van der Waals surface area contributed by atoms with Gasteiger partial charge in [0.15, 0.2) is 0 Å². The molecule has 0 saturated heterocycles. The number of hydrogen-bond donors (Lipinski definition) is 1. The third-order valence-electron chi connectivity index (χ3n) is 3.65. The molecule has 2 rings (SSSR count). The second kappa shape index (κ2) is 8.66. The van der Waals surface area contributed by atoms with Crippen molar-refractivity contribution in [2.45, 2.75) is 12.7 Å². The van der Waals surface area contributed by atoms with Crippen LogP contribution in [0.2, 0.25) is 10.0 Å². The Morgan fingerprint density at radius 2 is 1.75 bits per heavy atom. The minimum absolute atomic E-state index is 0.172. The van der Waals surface area contributed by atoms with Crippen LogP contribution in [0.5, 0.6) is 0 Å². The van der Waals surface area contributed by atoms with E-state index < -0.39 is 42.2 Å². The van der Waals surface area contributed by atoms with Crippen LogP contribution in [0.25, 0.3) is 0 Å². The molecule has 0 bridgehead atoms. The van der Waals surface area contributed by atoms with Gasteiger partial charge < -0.3 is 14.8 Å². The van der Waals surface area contributed by atoms with Crippen molar-refractivity contribution in [2.75, 3.05) is 18.9 Å². The number of anilines is 1. The number of para-hydroxylation sites is 1. The lowest BCUT2D eigenvalue weighted by molar-refractivity contribution is -0.138. The first-order valence-electron chi connectivity index (χ1n) is 7.74. The number of alkyl halides is 3. The number of carbonyl (C=O) groups is 2. The molecule has 0 spiro atoms. The Balaban J connectivity index is 2.05. The molecule has 2 amide bonds. The van der Waals surface area contributed by atoms with Crippen molar-refractivity contribution in [3.8, 4) is 0 Å². The van der Waals surface area contributed by atoms with E-state index >= 15 is 0 Å². The number of likely N-dealkylation sites (N-methyl/N-ethyl adjacent to an activating group) is 1. The predicted molar refractivity (Wildman–Crippen MR) is 98.4 cm³/mol. The Hall–Kier alpha value is -2.52. The summed E-state index contributed by atoms with van der Waals surface area (Å²) >= 11 is 11.9. The Labute approximate surface area is 167 Å². The number of pyridine rings is 1. The van der Waals surface area contributed by atoms with E-state index in [9.17, 15) is 27.6 Å². The molecular formula is C17H14Cl2F3N3O3. The van der Waals surface area contributed by atoms with Crippen LogP contribution in [0.1, 0.15) is 5.56 Å². The topological polar surface area (TPSA) is 71.4 Å². The van der Waals surface area contributed by atoms with E-state index in [4.69, 9.17) is 23.2 Å². The van der Waals surface area contributed by atoms with Crippen LogP contribution in [0.4, 0.5) is 18.9 Å². The summed E-state index contributed by atoms with van der Waals surface area (Å²) in [6, 6.07) is 5.97. The zero-order chi connectivity index (χ0) is 21.1. The first kappa shape index (κ1) is 21.8. The molecule has 0 fully saturated rings. The molecule has 0 aliphatic heterocycles. The van der Waals surface area contributed by atoms with E-state index in [1.165, 1.54) is 19.2 Å². The van der Waals surface area contributed by atoms with Gasteiger partial charge in [-0.3, -0.25) is 14.4 Å². The summed E-state index contributed by atoms with van der Waals surface area (Å²) in [4.78, 5) is 37.0. The molecule has 150 valence electrons. The zero-order valence-electron chi connectivity index (χ0n) is 14.4. The summed E-state index contributed by atoms with van der Waals surface area (Å²) in [6.45, 7) is -1.08. The Morgan fingerprint density at radius 3 is 2.32 bits per heavy atom. The molecule has 0 unspecified atom stereocenters. The molecular weight excluding hydrogens is 422 g/mol. The molecule has 1 aromatic heterocycles. The van der Waals surface area contributed by atoms with Gasteiger partial charge in [0.1, 0.15) is 6.54 Å². The van der Waals surface area contributed by atoms with Crippen LogP contribution < -0.4 is 10.9 Å². The number of rotatable bonds is 5. The van der Waals surface area contributed by atoms with Crippen molar-refractivity contribution in [2.24, 2.45) is 0 Å². The van der Waals surface area contributed by atoms with E-state index in [-0.39, 0.29) is 15.7 Å². The van der Waals surface area contributed by atoms with Crippen molar-refractivity contribution in [3.05, 3.63) is 62.5 Å². The maximum absolute atomic E-state index is 12.8. The number of nitrogens with zero attached hydrogens (tertiary/aromatic N) is 2. The standard InChI is InChI=1S/C17H14Cl2F3N3O3/c1-24(8-13(26)23-16-11(18)3-2-4-12(16)19)15(28)9-25-7-10(17(20,21)22)5-6-14(25)27/h2-7H,8-9H2,1H3,(H,23,26). The predicted octanol–water partition coefficient (Wildman–Crippen LogP) is 3.27. The van der Waals surface area contributed by atoms with Crippen LogP contribution in [-0.2, 0) is 22.3 Å². The van der Waals surface area contributed by atoms with Gasteiger partial charge in [-0.2, -0.15) is 13.2 Å². The molecule has 6 nitrogen and oxygen atoms in total. The molecule has 2 aromatic rings. The molecule has 1 aromatic carbocycles. The smallest absolute Gasteiger partial charge is 0.335 e. The normalized spacial score (nSPS) is 11.2. The summed E-state index contributed by atoms with van der Waals surface area (Å²) < 4.78 is 38.9. The van der Waals surface area contributed by atoms with E-state index in [2.05, 4.69) is 5.32 Å². The monoisotopic (exact) mass is 435 g/mol. The SMILES string of the molecule is CN(CC(=O)Nc1c(Cl)cccc1Cl)C(=O)Cn1cc(C(F)(F)F)ccc1=O. The number of nitrogens with one attached hydrogen (secondary N) is 1. The summed E-state index contributed by atoms with van der Waals surface area (Å²) in [5.41, 5.74) is -1.67. The zero-order valence-corrected chi connectivity index (χ0v) is 15.9. The van der Waals surface area contributed by atoms with Crippen LogP contribution >= 0.6 is 23.2 Å². The Kier molecular flexibility index (Phi) is 6.73. The third kappa shape index (κ3) is 5.49. The number of aromatic nitrogens is 1. The largest absolute Gasteiger partial charge is 0.417 e. The number of carbonyl (C=O) groups excluding carboxylic acids is 2. The second-order valence-corrected chi connectivity index (χ2v) is 6.59. The molecule has 1 heterocycles. The molecule has 0 saturated carbocycles. The van der Waals surface area contributed by atoms with E-state index in [0.717, 1.165) is 11.0 Å². The third-order valence-corrected chi connectivity index (χ3v) is 4.28. The maximum Gasteiger partial charge on any atom is 0.417 e. The minimum Gasteiger partial charge on any atom is -0.335 e. The molecule has 0 radical (unpaired) electrons. The van der Waals surface area contributed by atoms with Gasteiger partial charge in [0.05, 0.1) is 27.8 Å². The second-order valence-electron chi connectivity index (χ2n) is 5.78. The lowest BCUT2D eigenvalue weighted by atomic mass is 10.2. The fraction of sp³-hybridized carbons (Fsp3) is 0.235. The van der Waals surface area contributed by atoms with E-state index in [0.29, 0.717) is 16.8 Å². The molecule has 1 N–H and O–H groups in total. The highest BCUT2D eigenvalue weighted by Crippen LogP contribution is 2.30. The summed E-state index contributed by atoms with van der Waals surface area (Å²) in [7, 11) is 1.27. The van der Waals surface area contributed by atoms with Gasteiger partial charge in [0, 0.05) is 19.3 Å². The molecule has 0 aliphatic carbocycles. The average Bonchev–Trinajstić information content (AvgIpc) is 2.59. The fourth-order valence-corrected chi connectivity index (χ4v) is 2.68. The summed E-state index contributed by atoms with van der Waals surface area (Å²) in [6.07, 6.45) is -4.10. The molecule has 0 atom stereocenters. The molecule has 28 heavy (non-hydrogen) atoms. The quantitative estimate of drug-likeness (QED) is 0.783. The van der Waals surface area contributed by atoms with Gasteiger partial charge in [-0.15, -0.1) is 0 Å². The average molecular weight is 436 g/mol. The first-order chi connectivity index (χ1) is 13.0. The van der Waals surface area contributed by atoms with Crippen LogP contribution in [0.3, 0.4) is 0 Å².